The maximum Gasteiger partial charge on any atom is 0.248 e. The molecule has 1 aliphatic rings. The number of nitrogens with zero attached hydrogens (tertiary/aromatic N) is 1. The van der Waals surface area contributed by atoms with E-state index in [4.69, 9.17) is 0 Å². The molecule has 0 spiro atoms. The van der Waals surface area contributed by atoms with Gasteiger partial charge in [0.15, 0.2) is 0 Å². The van der Waals surface area contributed by atoms with Crippen LogP contribution in [0.15, 0.2) is 60.7 Å². The predicted molar refractivity (Wildman–Crippen MR) is 116 cm³/mol. The van der Waals surface area contributed by atoms with Crippen LogP contribution in [0.25, 0.3) is 6.08 Å². The summed E-state index contributed by atoms with van der Waals surface area (Å²) in [4.78, 5) is 14.8. The van der Waals surface area contributed by atoms with Crippen LogP contribution in [0.3, 0.4) is 0 Å². The van der Waals surface area contributed by atoms with Crippen molar-refractivity contribution in [3.05, 3.63) is 71.8 Å². The van der Waals surface area contributed by atoms with E-state index in [0.717, 1.165) is 24.1 Å². The van der Waals surface area contributed by atoms with Crippen LogP contribution in [-0.2, 0) is 11.2 Å². The molecule has 4 heteroatoms. The van der Waals surface area contributed by atoms with E-state index in [1.54, 1.807) is 6.08 Å². The quantitative estimate of drug-likeness (QED) is 0.696. The van der Waals surface area contributed by atoms with Crippen molar-refractivity contribution < 1.29 is 4.79 Å². The summed E-state index contributed by atoms with van der Waals surface area (Å²) in [6.07, 6.45) is 9.50. The minimum Gasteiger partial charge on any atom is -0.322 e. The van der Waals surface area contributed by atoms with Crippen LogP contribution in [0.5, 0.6) is 0 Å². The summed E-state index contributed by atoms with van der Waals surface area (Å²) in [5, 5.41) is 3.04. The van der Waals surface area contributed by atoms with Crippen LogP contribution in [0.2, 0.25) is 0 Å². The first kappa shape index (κ1) is 21.2. The van der Waals surface area contributed by atoms with Gasteiger partial charge in [-0.2, -0.15) is 0 Å². The number of para-hydroxylation sites is 1. The average Bonchev–Trinajstić information content (AvgIpc) is 2.68. The summed E-state index contributed by atoms with van der Waals surface area (Å²) >= 11 is 0. The van der Waals surface area contributed by atoms with E-state index in [1.807, 2.05) is 48.5 Å². The number of carbonyl (C=O) groups is 1. The lowest BCUT2D eigenvalue weighted by atomic mass is 9.96. The van der Waals surface area contributed by atoms with Crippen molar-refractivity contribution in [1.82, 2.24) is 4.90 Å². The molecule has 1 N–H and O–H groups in total. The number of amides is 1. The van der Waals surface area contributed by atoms with Gasteiger partial charge in [0.25, 0.3) is 0 Å². The number of aryl methyl sites for hydroxylation is 1. The molecule has 3 rings (SSSR count). The average molecular weight is 385 g/mol. The van der Waals surface area contributed by atoms with Crippen molar-refractivity contribution >= 4 is 30.1 Å². The van der Waals surface area contributed by atoms with E-state index in [9.17, 15) is 4.79 Å². The topological polar surface area (TPSA) is 32.3 Å². The Hall–Kier alpha value is -2.10. The normalized spacial score (nSPS) is 17.4. The Kier molecular flexibility index (Phi) is 8.56. The number of likely N-dealkylation sites (tertiary alicyclic amines) is 1. The van der Waals surface area contributed by atoms with Gasteiger partial charge in [-0.3, -0.25) is 4.79 Å². The van der Waals surface area contributed by atoms with Gasteiger partial charge in [-0.25, -0.2) is 0 Å². The van der Waals surface area contributed by atoms with Gasteiger partial charge in [0.05, 0.1) is 0 Å². The molecule has 0 unspecified atom stereocenters. The molecule has 1 fully saturated rings. The molecule has 2 aromatic carbocycles. The highest BCUT2D eigenvalue weighted by Crippen LogP contribution is 2.23. The highest BCUT2D eigenvalue weighted by molar-refractivity contribution is 6.02. The summed E-state index contributed by atoms with van der Waals surface area (Å²) in [5.41, 5.74) is 3.16. The van der Waals surface area contributed by atoms with Crippen LogP contribution < -0.4 is 5.32 Å². The highest BCUT2D eigenvalue weighted by Gasteiger charge is 2.18. The molecule has 2 aromatic rings. The Morgan fingerprint density at radius 2 is 1.85 bits per heavy atom. The predicted octanol–water partition coefficient (Wildman–Crippen LogP) is 5.18. The minimum absolute atomic E-state index is 0. The van der Waals surface area contributed by atoms with Crippen LogP contribution in [0.4, 0.5) is 5.69 Å². The van der Waals surface area contributed by atoms with Gasteiger partial charge >= 0.3 is 0 Å². The monoisotopic (exact) mass is 384 g/mol. The van der Waals surface area contributed by atoms with Crippen LogP contribution >= 0.6 is 12.4 Å². The van der Waals surface area contributed by atoms with Gasteiger partial charge in [-0.05, 0) is 62.5 Å². The van der Waals surface area contributed by atoms with Crippen LogP contribution in [-0.4, -0.2) is 30.4 Å². The smallest absolute Gasteiger partial charge is 0.248 e. The number of anilines is 1. The second kappa shape index (κ2) is 10.9. The van der Waals surface area contributed by atoms with Gasteiger partial charge < -0.3 is 10.2 Å². The van der Waals surface area contributed by atoms with Crippen molar-refractivity contribution in [2.24, 2.45) is 0 Å². The van der Waals surface area contributed by atoms with Gasteiger partial charge in [0.2, 0.25) is 5.91 Å². The highest BCUT2D eigenvalue weighted by atomic mass is 35.5. The lowest BCUT2D eigenvalue weighted by molar-refractivity contribution is -0.111. The first-order valence-electron chi connectivity index (χ1n) is 9.54. The van der Waals surface area contributed by atoms with E-state index >= 15 is 0 Å². The zero-order valence-corrected chi connectivity index (χ0v) is 16.8. The second-order valence-corrected chi connectivity index (χ2v) is 7.06. The number of piperidine rings is 1. The fourth-order valence-corrected chi connectivity index (χ4v) is 3.60. The molecule has 0 aliphatic carbocycles. The first-order chi connectivity index (χ1) is 12.7. The van der Waals surface area contributed by atoms with E-state index in [0.29, 0.717) is 6.04 Å². The van der Waals surface area contributed by atoms with E-state index in [-0.39, 0.29) is 18.3 Å². The van der Waals surface area contributed by atoms with Gasteiger partial charge in [-0.15, -0.1) is 12.4 Å². The zero-order valence-electron chi connectivity index (χ0n) is 15.9. The standard InChI is InChI=1S/C23H28N2O.ClH/c1-25-18-8-7-12-21(25)16-15-20-11-5-6-13-22(20)24-23(26)17-14-19-9-3-2-4-10-19;/h2-6,9-11,13-14,17,21H,7-8,12,15-16,18H2,1H3,(H,24,26);1H/b17-14+;/t21-;/m0./s1. The number of hydrogen-bond donors (Lipinski definition) is 1. The minimum atomic E-state index is -0.0870. The van der Waals surface area contributed by atoms with Crippen molar-refractivity contribution in [3.63, 3.8) is 0 Å². The molecular formula is C23H29ClN2O. The summed E-state index contributed by atoms with van der Waals surface area (Å²) in [6, 6.07) is 18.7. The summed E-state index contributed by atoms with van der Waals surface area (Å²) < 4.78 is 0. The van der Waals surface area contributed by atoms with E-state index in [1.165, 1.54) is 31.4 Å². The second-order valence-electron chi connectivity index (χ2n) is 7.06. The van der Waals surface area contributed by atoms with Crippen molar-refractivity contribution in [2.45, 2.75) is 38.1 Å². The fraction of sp³-hybridized carbons (Fsp3) is 0.348. The Labute approximate surface area is 168 Å². The molecule has 27 heavy (non-hydrogen) atoms. The van der Waals surface area contributed by atoms with Crippen molar-refractivity contribution in [2.75, 3.05) is 18.9 Å². The molecule has 144 valence electrons. The number of hydrogen-bond acceptors (Lipinski definition) is 2. The Morgan fingerprint density at radius 1 is 1.11 bits per heavy atom. The lowest BCUT2D eigenvalue weighted by Crippen LogP contribution is -2.36. The molecule has 0 saturated carbocycles. The van der Waals surface area contributed by atoms with Crippen LogP contribution in [0, 0.1) is 0 Å². The van der Waals surface area contributed by atoms with E-state index < -0.39 is 0 Å². The fourth-order valence-electron chi connectivity index (χ4n) is 3.60. The molecule has 1 aliphatic heterocycles. The molecule has 1 amide bonds. The number of carbonyl (C=O) groups excluding carboxylic acids is 1. The molecule has 0 bridgehead atoms. The van der Waals surface area contributed by atoms with Crippen LogP contribution in [0.1, 0.15) is 36.8 Å². The largest absolute Gasteiger partial charge is 0.322 e. The molecule has 1 atom stereocenters. The third-order valence-corrected chi connectivity index (χ3v) is 5.17. The number of halogens is 1. The summed E-state index contributed by atoms with van der Waals surface area (Å²) in [6.45, 7) is 1.20. The van der Waals surface area contributed by atoms with Crippen molar-refractivity contribution in [1.29, 1.82) is 0 Å². The Balaban J connectivity index is 0.00000261. The molecule has 0 aromatic heterocycles. The third-order valence-electron chi connectivity index (χ3n) is 5.17. The summed E-state index contributed by atoms with van der Waals surface area (Å²) in [7, 11) is 2.23. The van der Waals surface area contributed by atoms with Crippen molar-refractivity contribution in [3.8, 4) is 0 Å². The van der Waals surface area contributed by atoms with Gasteiger partial charge in [0, 0.05) is 17.8 Å². The Bertz CT molecular complexity index is 745. The first-order valence-corrected chi connectivity index (χ1v) is 9.54. The number of benzene rings is 2. The van der Waals surface area contributed by atoms with E-state index in [2.05, 4.69) is 29.4 Å². The molecule has 0 radical (unpaired) electrons. The number of rotatable bonds is 6. The molecular weight excluding hydrogens is 356 g/mol. The van der Waals surface area contributed by atoms with Gasteiger partial charge in [0.1, 0.15) is 0 Å². The molecule has 1 saturated heterocycles. The lowest BCUT2D eigenvalue weighted by Gasteiger charge is -2.32. The Morgan fingerprint density at radius 3 is 2.63 bits per heavy atom. The molecule has 1 heterocycles. The summed E-state index contributed by atoms with van der Waals surface area (Å²) in [5.74, 6) is -0.0870. The maximum absolute atomic E-state index is 12.3. The number of nitrogens with one attached hydrogen (secondary N) is 1. The zero-order chi connectivity index (χ0) is 18.2. The molecule has 3 nitrogen and oxygen atoms in total. The third kappa shape index (κ3) is 6.53. The maximum atomic E-state index is 12.3. The van der Waals surface area contributed by atoms with Gasteiger partial charge in [-0.1, -0.05) is 55.0 Å². The SMILES string of the molecule is CN1CCCC[C@H]1CCc1ccccc1NC(=O)/C=C/c1ccccc1.Cl.